The molecule has 0 radical (unpaired) electrons. The summed E-state index contributed by atoms with van der Waals surface area (Å²) in [5.74, 6) is 0.414. The lowest BCUT2D eigenvalue weighted by molar-refractivity contribution is 0.313. The number of anilines is 1. The Balaban J connectivity index is 2.77. The number of hydrogen-bond donors (Lipinski definition) is 1. The molecule has 0 saturated carbocycles. The molecule has 6 heteroatoms. The summed E-state index contributed by atoms with van der Waals surface area (Å²) < 4.78 is 10.2. The van der Waals surface area contributed by atoms with E-state index in [9.17, 15) is 0 Å². The summed E-state index contributed by atoms with van der Waals surface area (Å²) in [6.07, 6.45) is 3.74. The van der Waals surface area contributed by atoms with E-state index in [4.69, 9.17) is 9.47 Å². The predicted molar refractivity (Wildman–Crippen MR) is 56.2 cm³/mol. The Labute approximate surface area is 88.4 Å². The molecule has 0 saturated heterocycles. The lowest BCUT2D eigenvalue weighted by Gasteiger charge is -2.05. The van der Waals surface area contributed by atoms with Gasteiger partial charge in [0.15, 0.2) is 0 Å². The first kappa shape index (κ1) is 11.2. The van der Waals surface area contributed by atoms with Gasteiger partial charge in [-0.3, -0.25) is 0 Å². The first-order chi connectivity index (χ1) is 7.30. The highest BCUT2D eigenvalue weighted by atomic mass is 16.5. The molecular formula is C9H14N4O2. The van der Waals surface area contributed by atoms with Crippen LogP contribution in [0.15, 0.2) is 12.2 Å². The average molecular weight is 210 g/mol. The highest BCUT2D eigenvalue weighted by Gasteiger charge is 2.05. The van der Waals surface area contributed by atoms with Gasteiger partial charge in [0, 0.05) is 7.05 Å². The fourth-order valence-corrected chi connectivity index (χ4v) is 0.825. The highest BCUT2D eigenvalue weighted by molar-refractivity contribution is 5.26. The predicted octanol–water partition coefficient (Wildman–Crippen LogP) is 0.877. The van der Waals surface area contributed by atoms with Gasteiger partial charge in [0.1, 0.15) is 6.61 Å². The number of methoxy groups -OCH3 is 1. The summed E-state index contributed by atoms with van der Waals surface area (Å²) in [5.41, 5.74) is 0. The van der Waals surface area contributed by atoms with Crippen molar-refractivity contribution in [2.24, 2.45) is 0 Å². The molecule has 0 aliphatic rings. The van der Waals surface area contributed by atoms with Crippen molar-refractivity contribution in [2.45, 2.75) is 6.92 Å². The van der Waals surface area contributed by atoms with E-state index in [1.54, 1.807) is 7.05 Å². The molecule has 0 aliphatic heterocycles. The third-order valence-corrected chi connectivity index (χ3v) is 1.54. The molecule has 0 bridgehead atoms. The van der Waals surface area contributed by atoms with Crippen LogP contribution in [0.5, 0.6) is 12.0 Å². The number of aromatic nitrogens is 3. The van der Waals surface area contributed by atoms with Crippen LogP contribution in [0.3, 0.4) is 0 Å². The summed E-state index contributed by atoms with van der Waals surface area (Å²) in [7, 11) is 3.20. The van der Waals surface area contributed by atoms with Gasteiger partial charge in [-0.2, -0.15) is 9.97 Å². The number of ether oxygens (including phenoxy) is 2. The Bertz CT molecular complexity index is 319. The van der Waals surface area contributed by atoms with Crippen LogP contribution in [-0.4, -0.2) is 35.7 Å². The van der Waals surface area contributed by atoms with Crippen LogP contribution in [0.25, 0.3) is 0 Å². The van der Waals surface area contributed by atoms with Gasteiger partial charge >= 0.3 is 12.0 Å². The van der Waals surface area contributed by atoms with Crippen molar-refractivity contribution in [3.05, 3.63) is 12.2 Å². The summed E-state index contributed by atoms with van der Waals surface area (Å²) in [5, 5.41) is 2.79. The van der Waals surface area contributed by atoms with Crippen molar-refractivity contribution in [2.75, 3.05) is 26.1 Å². The van der Waals surface area contributed by atoms with Gasteiger partial charge in [0.05, 0.1) is 7.11 Å². The van der Waals surface area contributed by atoms with Crippen LogP contribution in [0, 0.1) is 0 Å². The number of nitrogens with zero attached hydrogens (tertiary/aromatic N) is 3. The summed E-state index contributed by atoms with van der Waals surface area (Å²) in [6.45, 7) is 2.34. The molecule has 0 aliphatic carbocycles. The van der Waals surface area contributed by atoms with Crippen molar-refractivity contribution in [3.63, 3.8) is 0 Å². The fraction of sp³-hybridized carbons (Fsp3) is 0.444. The molecule has 0 aromatic carbocycles. The average Bonchev–Trinajstić information content (AvgIpc) is 2.29. The molecule has 1 rings (SSSR count). The molecule has 0 spiro atoms. The molecule has 0 amide bonds. The van der Waals surface area contributed by atoms with Crippen molar-refractivity contribution in [1.29, 1.82) is 0 Å². The number of hydrogen-bond acceptors (Lipinski definition) is 6. The second-order valence-corrected chi connectivity index (χ2v) is 2.56. The van der Waals surface area contributed by atoms with E-state index in [2.05, 4.69) is 20.3 Å². The fourth-order valence-electron chi connectivity index (χ4n) is 0.825. The minimum absolute atomic E-state index is 0.227. The molecular weight excluding hydrogens is 196 g/mol. The van der Waals surface area contributed by atoms with Crippen LogP contribution in [-0.2, 0) is 0 Å². The molecule has 0 unspecified atom stereocenters. The van der Waals surface area contributed by atoms with E-state index in [0.29, 0.717) is 12.6 Å². The van der Waals surface area contributed by atoms with Crippen molar-refractivity contribution in [1.82, 2.24) is 15.0 Å². The van der Waals surface area contributed by atoms with Crippen LogP contribution in [0.4, 0.5) is 5.95 Å². The van der Waals surface area contributed by atoms with E-state index in [-0.39, 0.29) is 12.0 Å². The van der Waals surface area contributed by atoms with Crippen molar-refractivity contribution >= 4 is 5.95 Å². The van der Waals surface area contributed by atoms with Gasteiger partial charge < -0.3 is 14.8 Å². The largest absolute Gasteiger partial charge is 0.467 e. The molecule has 6 nitrogen and oxygen atoms in total. The monoisotopic (exact) mass is 210 g/mol. The molecule has 0 fully saturated rings. The molecule has 0 atom stereocenters. The Morgan fingerprint density at radius 1 is 1.27 bits per heavy atom. The Morgan fingerprint density at radius 3 is 2.60 bits per heavy atom. The quantitative estimate of drug-likeness (QED) is 0.727. The van der Waals surface area contributed by atoms with Crippen molar-refractivity contribution in [3.8, 4) is 12.0 Å². The lowest BCUT2D eigenvalue weighted by Crippen LogP contribution is -2.05. The molecule has 1 N–H and O–H groups in total. The van der Waals surface area contributed by atoms with Crippen LogP contribution in [0.2, 0.25) is 0 Å². The zero-order valence-electron chi connectivity index (χ0n) is 9.02. The van der Waals surface area contributed by atoms with Gasteiger partial charge in [-0.15, -0.1) is 4.98 Å². The van der Waals surface area contributed by atoms with E-state index < -0.39 is 0 Å². The van der Waals surface area contributed by atoms with Crippen LogP contribution >= 0.6 is 0 Å². The van der Waals surface area contributed by atoms with Crippen LogP contribution in [0.1, 0.15) is 6.92 Å². The van der Waals surface area contributed by atoms with Gasteiger partial charge in [-0.25, -0.2) is 0 Å². The van der Waals surface area contributed by atoms with E-state index in [0.717, 1.165) is 0 Å². The normalized spacial score (nSPS) is 10.3. The lowest BCUT2D eigenvalue weighted by atomic mass is 10.6. The zero-order valence-corrected chi connectivity index (χ0v) is 9.02. The topological polar surface area (TPSA) is 69.2 Å². The minimum atomic E-state index is 0.227. The molecule has 82 valence electrons. The van der Waals surface area contributed by atoms with Crippen LogP contribution < -0.4 is 14.8 Å². The standard InChI is InChI=1S/C9H14N4O2/c1-4-5-6-15-9-12-7(10-2)11-8(13-9)14-3/h4-5H,6H2,1-3H3,(H,10,11,12,13)/b5-4+. The Kier molecular flexibility index (Phi) is 4.33. The van der Waals surface area contributed by atoms with Gasteiger partial charge in [-0.1, -0.05) is 12.2 Å². The minimum Gasteiger partial charge on any atom is -0.467 e. The second-order valence-electron chi connectivity index (χ2n) is 2.56. The number of allylic oxidation sites excluding steroid dienone is 1. The maximum Gasteiger partial charge on any atom is 0.324 e. The maximum atomic E-state index is 5.26. The first-order valence-electron chi connectivity index (χ1n) is 4.52. The number of rotatable bonds is 5. The van der Waals surface area contributed by atoms with Gasteiger partial charge in [0.2, 0.25) is 5.95 Å². The maximum absolute atomic E-state index is 5.26. The number of nitrogens with one attached hydrogen (secondary N) is 1. The van der Waals surface area contributed by atoms with Gasteiger partial charge in [-0.05, 0) is 6.92 Å². The smallest absolute Gasteiger partial charge is 0.324 e. The Morgan fingerprint density at radius 2 is 2.00 bits per heavy atom. The van der Waals surface area contributed by atoms with Crippen molar-refractivity contribution < 1.29 is 9.47 Å². The summed E-state index contributed by atoms with van der Waals surface area (Å²) in [6, 6.07) is 0.467. The van der Waals surface area contributed by atoms with E-state index in [1.165, 1.54) is 7.11 Å². The molecule has 1 heterocycles. The molecule has 15 heavy (non-hydrogen) atoms. The summed E-state index contributed by atoms with van der Waals surface area (Å²) in [4.78, 5) is 11.9. The molecule has 1 aromatic heterocycles. The molecule has 1 aromatic rings. The summed E-state index contributed by atoms with van der Waals surface area (Å²) >= 11 is 0. The third kappa shape index (κ3) is 3.41. The zero-order chi connectivity index (χ0) is 11.1. The second kappa shape index (κ2) is 5.79. The SMILES string of the molecule is C/C=C/COc1nc(NC)nc(OC)n1. The van der Waals surface area contributed by atoms with Gasteiger partial charge in [0.25, 0.3) is 0 Å². The Hall–Kier alpha value is -1.85. The third-order valence-electron chi connectivity index (χ3n) is 1.54. The highest BCUT2D eigenvalue weighted by Crippen LogP contribution is 2.11. The van der Waals surface area contributed by atoms with E-state index >= 15 is 0 Å². The van der Waals surface area contributed by atoms with E-state index in [1.807, 2.05) is 19.1 Å². The first-order valence-corrected chi connectivity index (χ1v) is 4.52.